The molecule has 0 atom stereocenters. The van der Waals surface area contributed by atoms with Gasteiger partial charge in [0, 0.05) is 24.2 Å². The minimum absolute atomic E-state index is 0.0184. The molecule has 0 heterocycles. The molecule has 1 rings (SSSR count). The standard InChI is InChI=1S/C13H21N3O3S/c1-13(2,3)15-9-8-12(17)16-10-4-6-11(7-5-10)20(14,18)19/h4-7,15H,8-9H2,1-3H3,(H,16,17)(H2,14,18,19). The van der Waals surface area contributed by atoms with Crippen molar-refractivity contribution in [2.75, 3.05) is 11.9 Å². The molecule has 6 nitrogen and oxygen atoms in total. The summed E-state index contributed by atoms with van der Waals surface area (Å²) in [6.07, 6.45) is 0.341. The fourth-order valence-corrected chi connectivity index (χ4v) is 2.02. The summed E-state index contributed by atoms with van der Waals surface area (Å²) in [5.74, 6) is -0.134. The van der Waals surface area contributed by atoms with Gasteiger partial charge in [0.05, 0.1) is 4.90 Å². The summed E-state index contributed by atoms with van der Waals surface area (Å²) in [4.78, 5) is 11.7. The summed E-state index contributed by atoms with van der Waals surface area (Å²) < 4.78 is 22.2. The van der Waals surface area contributed by atoms with E-state index < -0.39 is 10.0 Å². The first-order valence-corrected chi connectivity index (χ1v) is 7.80. The zero-order chi connectivity index (χ0) is 15.4. The van der Waals surface area contributed by atoms with Crippen LogP contribution in [0.5, 0.6) is 0 Å². The van der Waals surface area contributed by atoms with E-state index >= 15 is 0 Å². The van der Waals surface area contributed by atoms with Gasteiger partial charge in [-0.2, -0.15) is 0 Å². The van der Waals surface area contributed by atoms with E-state index in [1.165, 1.54) is 24.3 Å². The maximum atomic E-state index is 11.7. The van der Waals surface area contributed by atoms with E-state index in [0.717, 1.165) is 0 Å². The molecule has 0 spiro atoms. The van der Waals surface area contributed by atoms with Gasteiger partial charge in [-0.05, 0) is 45.0 Å². The van der Waals surface area contributed by atoms with Crippen molar-refractivity contribution in [3.63, 3.8) is 0 Å². The molecule has 1 aromatic carbocycles. The van der Waals surface area contributed by atoms with Crippen molar-refractivity contribution in [3.8, 4) is 0 Å². The molecule has 7 heteroatoms. The smallest absolute Gasteiger partial charge is 0.238 e. The first-order chi connectivity index (χ1) is 9.08. The second-order valence-electron chi connectivity index (χ2n) is 5.54. The van der Waals surface area contributed by atoms with Crippen LogP contribution in [0.1, 0.15) is 27.2 Å². The lowest BCUT2D eigenvalue weighted by Crippen LogP contribution is -2.37. The van der Waals surface area contributed by atoms with Crippen LogP contribution in [-0.2, 0) is 14.8 Å². The third kappa shape index (κ3) is 6.14. The van der Waals surface area contributed by atoms with E-state index in [2.05, 4.69) is 10.6 Å². The summed E-state index contributed by atoms with van der Waals surface area (Å²) in [7, 11) is -3.70. The van der Waals surface area contributed by atoms with Gasteiger partial charge in [-0.1, -0.05) is 0 Å². The van der Waals surface area contributed by atoms with Gasteiger partial charge in [-0.25, -0.2) is 13.6 Å². The SMILES string of the molecule is CC(C)(C)NCCC(=O)Nc1ccc(S(N)(=O)=O)cc1. The van der Waals surface area contributed by atoms with Crippen molar-refractivity contribution in [1.82, 2.24) is 5.32 Å². The van der Waals surface area contributed by atoms with Crippen molar-refractivity contribution in [3.05, 3.63) is 24.3 Å². The number of primary sulfonamides is 1. The molecule has 0 saturated heterocycles. The lowest BCUT2D eigenvalue weighted by atomic mass is 10.1. The molecule has 4 N–H and O–H groups in total. The van der Waals surface area contributed by atoms with Crippen LogP contribution in [-0.4, -0.2) is 26.4 Å². The van der Waals surface area contributed by atoms with E-state index in [4.69, 9.17) is 5.14 Å². The highest BCUT2D eigenvalue weighted by Crippen LogP contribution is 2.12. The van der Waals surface area contributed by atoms with E-state index in [0.29, 0.717) is 18.7 Å². The van der Waals surface area contributed by atoms with Gasteiger partial charge in [-0.3, -0.25) is 4.79 Å². The Kier molecular flexibility index (Phi) is 5.27. The molecule has 0 fully saturated rings. The first-order valence-electron chi connectivity index (χ1n) is 6.26. The number of hydrogen-bond acceptors (Lipinski definition) is 4. The van der Waals surface area contributed by atoms with E-state index in [1.807, 2.05) is 20.8 Å². The van der Waals surface area contributed by atoms with Gasteiger partial charge in [0.25, 0.3) is 0 Å². The zero-order valence-corrected chi connectivity index (χ0v) is 12.8. The molecule has 1 aromatic rings. The van der Waals surface area contributed by atoms with Crippen molar-refractivity contribution in [2.45, 2.75) is 37.6 Å². The topological polar surface area (TPSA) is 101 Å². The van der Waals surface area contributed by atoms with Crippen molar-refractivity contribution in [2.24, 2.45) is 5.14 Å². The number of amides is 1. The van der Waals surface area contributed by atoms with Crippen LogP contribution in [0.2, 0.25) is 0 Å². The zero-order valence-electron chi connectivity index (χ0n) is 11.9. The fraction of sp³-hybridized carbons (Fsp3) is 0.462. The highest BCUT2D eigenvalue weighted by Gasteiger charge is 2.10. The quantitative estimate of drug-likeness (QED) is 0.756. The largest absolute Gasteiger partial charge is 0.326 e. The van der Waals surface area contributed by atoms with Crippen molar-refractivity contribution < 1.29 is 13.2 Å². The molecule has 0 aliphatic rings. The van der Waals surface area contributed by atoms with E-state index in [-0.39, 0.29) is 16.3 Å². The summed E-state index contributed by atoms with van der Waals surface area (Å²) in [5, 5.41) is 10.9. The summed E-state index contributed by atoms with van der Waals surface area (Å²) in [6.45, 7) is 6.65. The van der Waals surface area contributed by atoms with Crippen LogP contribution < -0.4 is 15.8 Å². The second kappa shape index (κ2) is 6.34. The number of carbonyl (C=O) groups excluding carboxylic acids is 1. The normalized spacial score (nSPS) is 12.2. The molecule has 0 aromatic heterocycles. The molecule has 0 radical (unpaired) electrons. The predicted molar refractivity (Wildman–Crippen MR) is 78.8 cm³/mol. The summed E-state index contributed by atoms with van der Waals surface area (Å²) in [6, 6.07) is 5.74. The van der Waals surface area contributed by atoms with Crippen molar-refractivity contribution in [1.29, 1.82) is 0 Å². The Labute approximate surface area is 119 Å². The molecule has 0 saturated carbocycles. The molecular formula is C13H21N3O3S. The fourth-order valence-electron chi connectivity index (χ4n) is 1.50. The van der Waals surface area contributed by atoms with Crippen LogP contribution in [0.3, 0.4) is 0 Å². The van der Waals surface area contributed by atoms with Gasteiger partial charge < -0.3 is 10.6 Å². The Hall–Kier alpha value is -1.44. The Balaban J connectivity index is 2.51. The van der Waals surface area contributed by atoms with Crippen LogP contribution in [0.25, 0.3) is 0 Å². The first kappa shape index (κ1) is 16.6. The summed E-state index contributed by atoms with van der Waals surface area (Å²) in [5.41, 5.74) is 0.510. The van der Waals surface area contributed by atoms with E-state index in [1.54, 1.807) is 0 Å². The van der Waals surface area contributed by atoms with E-state index in [9.17, 15) is 13.2 Å². The average molecular weight is 299 g/mol. The minimum Gasteiger partial charge on any atom is -0.326 e. The Morgan fingerprint density at radius 1 is 1.20 bits per heavy atom. The van der Waals surface area contributed by atoms with Gasteiger partial charge in [-0.15, -0.1) is 0 Å². The lowest BCUT2D eigenvalue weighted by Gasteiger charge is -2.20. The molecule has 0 unspecified atom stereocenters. The van der Waals surface area contributed by atoms with Crippen molar-refractivity contribution >= 4 is 21.6 Å². The number of sulfonamides is 1. The lowest BCUT2D eigenvalue weighted by molar-refractivity contribution is -0.116. The number of nitrogens with two attached hydrogens (primary N) is 1. The minimum atomic E-state index is -3.70. The second-order valence-corrected chi connectivity index (χ2v) is 7.11. The molecule has 112 valence electrons. The Morgan fingerprint density at radius 3 is 2.20 bits per heavy atom. The molecular weight excluding hydrogens is 278 g/mol. The maximum absolute atomic E-state index is 11.7. The maximum Gasteiger partial charge on any atom is 0.238 e. The highest BCUT2D eigenvalue weighted by atomic mass is 32.2. The van der Waals surface area contributed by atoms with Crippen LogP contribution in [0.4, 0.5) is 5.69 Å². The molecule has 20 heavy (non-hydrogen) atoms. The summed E-state index contributed by atoms with van der Waals surface area (Å²) >= 11 is 0. The van der Waals surface area contributed by atoms with Gasteiger partial charge >= 0.3 is 0 Å². The van der Waals surface area contributed by atoms with Crippen LogP contribution in [0.15, 0.2) is 29.2 Å². The van der Waals surface area contributed by atoms with Gasteiger partial charge in [0.15, 0.2) is 0 Å². The molecule has 0 aliphatic carbocycles. The number of carbonyl (C=O) groups is 1. The average Bonchev–Trinajstić information content (AvgIpc) is 2.26. The third-order valence-corrected chi connectivity index (χ3v) is 3.40. The predicted octanol–water partition coefficient (Wildman–Crippen LogP) is 1.05. The number of benzene rings is 1. The molecule has 1 amide bonds. The van der Waals surface area contributed by atoms with Gasteiger partial charge in [0.1, 0.15) is 0 Å². The van der Waals surface area contributed by atoms with Gasteiger partial charge in [0.2, 0.25) is 15.9 Å². The third-order valence-electron chi connectivity index (χ3n) is 2.47. The highest BCUT2D eigenvalue weighted by molar-refractivity contribution is 7.89. The van der Waals surface area contributed by atoms with Crippen LogP contribution in [0, 0.1) is 0 Å². The number of anilines is 1. The molecule has 0 bridgehead atoms. The Bertz CT molecular complexity index is 560. The number of nitrogens with one attached hydrogen (secondary N) is 2. The molecule has 0 aliphatic heterocycles. The number of rotatable bonds is 5. The van der Waals surface area contributed by atoms with Crippen LogP contribution >= 0.6 is 0 Å². The number of hydrogen-bond donors (Lipinski definition) is 3. The Morgan fingerprint density at radius 2 is 1.75 bits per heavy atom. The monoisotopic (exact) mass is 299 g/mol.